The first-order chi connectivity index (χ1) is 14.6. The molecule has 2 fully saturated rings. The fraction of sp³-hybridized carbons (Fsp3) is 0.417. The molecule has 2 aliphatic rings. The number of anilines is 1. The van der Waals surface area contributed by atoms with Gasteiger partial charge in [0.2, 0.25) is 5.91 Å². The Balaban J connectivity index is 1.34. The fourth-order valence-electron chi connectivity index (χ4n) is 4.00. The second kappa shape index (κ2) is 9.67. The molecule has 5 nitrogen and oxygen atoms in total. The van der Waals surface area contributed by atoms with Crippen LogP contribution in [0.3, 0.4) is 0 Å². The molecule has 0 saturated carbocycles. The lowest BCUT2D eigenvalue weighted by atomic mass is 9.99. The Kier molecular flexibility index (Phi) is 6.75. The maximum absolute atomic E-state index is 12.9. The number of hydrogen-bond acceptors (Lipinski definition) is 4. The third kappa shape index (κ3) is 5.05. The summed E-state index contributed by atoms with van der Waals surface area (Å²) in [5.41, 5.74) is 2.66. The van der Waals surface area contributed by atoms with Crippen molar-refractivity contribution in [1.29, 1.82) is 0 Å². The van der Waals surface area contributed by atoms with E-state index in [2.05, 4.69) is 29.3 Å². The smallest absolute Gasteiger partial charge is 0.255 e. The SMILES string of the molecule is CC1CCN(Cc2ccc(NC(=O)C3CSCN3C(=O)c3ccccc3)cc2)CC1. The van der Waals surface area contributed by atoms with E-state index < -0.39 is 6.04 Å². The lowest BCUT2D eigenvalue weighted by Gasteiger charge is -2.30. The molecule has 2 heterocycles. The molecular formula is C24H29N3O2S. The summed E-state index contributed by atoms with van der Waals surface area (Å²) >= 11 is 1.61. The first-order valence-corrected chi connectivity index (χ1v) is 11.8. The summed E-state index contributed by atoms with van der Waals surface area (Å²) in [6.07, 6.45) is 2.54. The largest absolute Gasteiger partial charge is 0.324 e. The highest BCUT2D eigenvalue weighted by molar-refractivity contribution is 7.99. The molecule has 0 bridgehead atoms. The van der Waals surface area contributed by atoms with Crippen LogP contribution in [0.5, 0.6) is 0 Å². The van der Waals surface area contributed by atoms with Crippen LogP contribution in [0.25, 0.3) is 0 Å². The predicted octanol–water partition coefficient (Wildman–Crippen LogP) is 4.07. The Hall–Kier alpha value is -2.31. The van der Waals surface area contributed by atoms with E-state index in [4.69, 9.17) is 0 Å². The molecule has 0 radical (unpaired) electrons. The second-order valence-corrected chi connectivity index (χ2v) is 9.30. The molecule has 30 heavy (non-hydrogen) atoms. The molecule has 2 aliphatic heterocycles. The molecular weight excluding hydrogens is 394 g/mol. The van der Waals surface area contributed by atoms with Crippen molar-refractivity contribution in [2.45, 2.75) is 32.4 Å². The summed E-state index contributed by atoms with van der Waals surface area (Å²) in [4.78, 5) is 29.8. The Morgan fingerprint density at radius 2 is 1.73 bits per heavy atom. The zero-order chi connectivity index (χ0) is 20.9. The van der Waals surface area contributed by atoms with Crippen LogP contribution in [-0.2, 0) is 11.3 Å². The van der Waals surface area contributed by atoms with Crippen molar-refractivity contribution in [3.63, 3.8) is 0 Å². The van der Waals surface area contributed by atoms with E-state index in [9.17, 15) is 9.59 Å². The maximum atomic E-state index is 12.9. The fourth-order valence-corrected chi connectivity index (χ4v) is 5.16. The first-order valence-electron chi connectivity index (χ1n) is 10.7. The van der Waals surface area contributed by atoms with Gasteiger partial charge in [0, 0.05) is 23.5 Å². The molecule has 158 valence electrons. The number of rotatable bonds is 5. The van der Waals surface area contributed by atoms with Gasteiger partial charge in [0.25, 0.3) is 5.91 Å². The molecule has 1 unspecified atom stereocenters. The Labute approximate surface area is 182 Å². The van der Waals surface area contributed by atoms with Crippen molar-refractivity contribution >= 4 is 29.3 Å². The number of carbonyl (C=O) groups is 2. The van der Waals surface area contributed by atoms with Gasteiger partial charge in [-0.25, -0.2) is 0 Å². The van der Waals surface area contributed by atoms with E-state index in [0.717, 1.165) is 31.2 Å². The summed E-state index contributed by atoms with van der Waals surface area (Å²) in [6, 6.07) is 16.8. The van der Waals surface area contributed by atoms with Crippen LogP contribution in [0, 0.1) is 5.92 Å². The van der Waals surface area contributed by atoms with E-state index in [1.54, 1.807) is 28.8 Å². The summed E-state index contributed by atoms with van der Waals surface area (Å²) < 4.78 is 0. The lowest BCUT2D eigenvalue weighted by Crippen LogP contribution is -2.44. The number of thioether (sulfide) groups is 1. The quantitative estimate of drug-likeness (QED) is 0.788. The van der Waals surface area contributed by atoms with Crippen LogP contribution in [0.15, 0.2) is 54.6 Å². The molecule has 0 aliphatic carbocycles. The van der Waals surface area contributed by atoms with Gasteiger partial charge in [-0.1, -0.05) is 37.3 Å². The summed E-state index contributed by atoms with van der Waals surface area (Å²) in [6.45, 7) is 5.60. The zero-order valence-electron chi connectivity index (χ0n) is 17.4. The van der Waals surface area contributed by atoms with Crippen LogP contribution in [-0.4, -0.2) is 52.4 Å². The Morgan fingerprint density at radius 3 is 2.43 bits per heavy atom. The molecule has 0 aromatic heterocycles. The maximum Gasteiger partial charge on any atom is 0.255 e. The third-order valence-corrected chi connectivity index (χ3v) is 6.98. The second-order valence-electron chi connectivity index (χ2n) is 8.30. The number of likely N-dealkylation sites (tertiary alicyclic amines) is 1. The molecule has 0 spiro atoms. The number of benzene rings is 2. The molecule has 4 rings (SSSR count). The van der Waals surface area contributed by atoms with Gasteiger partial charge >= 0.3 is 0 Å². The van der Waals surface area contributed by atoms with Gasteiger partial charge in [-0.15, -0.1) is 11.8 Å². The van der Waals surface area contributed by atoms with Crippen LogP contribution < -0.4 is 5.32 Å². The first kappa shape index (κ1) is 20.9. The van der Waals surface area contributed by atoms with Crippen LogP contribution in [0.2, 0.25) is 0 Å². The van der Waals surface area contributed by atoms with Gasteiger partial charge < -0.3 is 10.2 Å². The van der Waals surface area contributed by atoms with Gasteiger partial charge in [-0.05, 0) is 61.7 Å². The van der Waals surface area contributed by atoms with E-state index in [0.29, 0.717) is 17.2 Å². The van der Waals surface area contributed by atoms with Crippen LogP contribution in [0.4, 0.5) is 5.69 Å². The number of nitrogens with one attached hydrogen (secondary N) is 1. The normalized spacial score (nSPS) is 20.3. The molecule has 2 aromatic rings. The average molecular weight is 424 g/mol. The van der Waals surface area contributed by atoms with Crippen LogP contribution in [0.1, 0.15) is 35.7 Å². The number of amides is 2. The topological polar surface area (TPSA) is 52.7 Å². The van der Waals surface area contributed by atoms with Gasteiger partial charge in [-0.3, -0.25) is 14.5 Å². The molecule has 1 N–H and O–H groups in total. The van der Waals surface area contributed by atoms with Crippen molar-refractivity contribution in [3.8, 4) is 0 Å². The molecule has 6 heteroatoms. The van der Waals surface area contributed by atoms with Crippen molar-refractivity contribution in [1.82, 2.24) is 9.80 Å². The van der Waals surface area contributed by atoms with Crippen molar-refractivity contribution in [2.24, 2.45) is 5.92 Å². The van der Waals surface area contributed by atoms with E-state index in [1.807, 2.05) is 30.3 Å². The molecule has 2 amide bonds. The molecule has 2 saturated heterocycles. The number of piperidine rings is 1. The summed E-state index contributed by atoms with van der Waals surface area (Å²) in [5.74, 6) is 1.78. The highest BCUT2D eigenvalue weighted by Crippen LogP contribution is 2.25. The Bertz CT molecular complexity index is 864. The lowest BCUT2D eigenvalue weighted by molar-refractivity contribution is -0.119. The van der Waals surface area contributed by atoms with Crippen LogP contribution >= 0.6 is 11.8 Å². The monoisotopic (exact) mass is 423 g/mol. The van der Waals surface area contributed by atoms with Crippen molar-refractivity contribution < 1.29 is 9.59 Å². The zero-order valence-corrected chi connectivity index (χ0v) is 18.2. The van der Waals surface area contributed by atoms with Crippen molar-refractivity contribution in [3.05, 3.63) is 65.7 Å². The highest BCUT2D eigenvalue weighted by Gasteiger charge is 2.35. The van der Waals surface area contributed by atoms with E-state index in [-0.39, 0.29) is 11.8 Å². The number of hydrogen-bond donors (Lipinski definition) is 1. The predicted molar refractivity (Wildman–Crippen MR) is 122 cm³/mol. The standard InChI is InChI=1S/C24H29N3O2S/c1-18-11-13-26(14-12-18)15-19-7-9-21(10-8-19)25-23(28)22-16-30-17-27(22)24(29)20-5-3-2-4-6-20/h2-10,18,22H,11-17H2,1H3,(H,25,28). The number of carbonyl (C=O) groups excluding carboxylic acids is 2. The number of nitrogens with zero attached hydrogens (tertiary/aromatic N) is 2. The minimum Gasteiger partial charge on any atom is -0.324 e. The van der Waals surface area contributed by atoms with Gasteiger partial charge in [-0.2, -0.15) is 0 Å². The minimum atomic E-state index is -0.447. The van der Waals surface area contributed by atoms with Crippen molar-refractivity contribution in [2.75, 3.05) is 30.0 Å². The highest BCUT2D eigenvalue weighted by atomic mass is 32.2. The molecule has 1 atom stereocenters. The molecule has 2 aromatic carbocycles. The van der Waals surface area contributed by atoms with E-state index in [1.165, 1.54) is 18.4 Å². The van der Waals surface area contributed by atoms with Gasteiger partial charge in [0.15, 0.2) is 0 Å². The van der Waals surface area contributed by atoms with Gasteiger partial charge in [0.05, 0.1) is 5.88 Å². The third-order valence-electron chi connectivity index (χ3n) is 5.97. The summed E-state index contributed by atoms with van der Waals surface area (Å²) in [5, 5.41) is 3.00. The Morgan fingerprint density at radius 1 is 1.03 bits per heavy atom. The van der Waals surface area contributed by atoms with Gasteiger partial charge in [0.1, 0.15) is 6.04 Å². The van der Waals surface area contributed by atoms with E-state index >= 15 is 0 Å². The average Bonchev–Trinajstić information content (AvgIpc) is 3.27. The minimum absolute atomic E-state index is 0.0908. The summed E-state index contributed by atoms with van der Waals surface area (Å²) in [7, 11) is 0.